The maximum Gasteiger partial charge on any atom is 0.240 e. The van der Waals surface area contributed by atoms with Gasteiger partial charge < -0.3 is 5.11 Å². The van der Waals surface area contributed by atoms with Crippen molar-refractivity contribution in [2.45, 2.75) is 18.4 Å². The molecule has 0 aliphatic rings. The van der Waals surface area contributed by atoms with Crippen molar-refractivity contribution in [1.82, 2.24) is 9.71 Å². The lowest BCUT2D eigenvalue weighted by Crippen LogP contribution is -2.23. The Morgan fingerprint density at radius 2 is 1.92 bits per heavy atom. The van der Waals surface area contributed by atoms with Crippen LogP contribution in [0, 0.1) is 6.92 Å². The summed E-state index contributed by atoms with van der Waals surface area (Å²) < 4.78 is 27.2. The van der Waals surface area contributed by atoms with Gasteiger partial charge in [0.25, 0.3) is 0 Å². The summed E-state index contributed by atoms with van der Waals surface area (Å²) in [4.78, 5) is 4.68. The van der Waals surface area contributed by atoms with Gasteiger partial charge in [-0.05, 0) is 48.9 Å². The van der Waals surface area contributed by atoms with Crippen LogP contribution < -0.4 is 4.72 Å². The normalized spacial score (nSPS) is 11.5. The number of sulfonamides is 1. The van der Waals surface area contributed by atoms with E-state index >= 15 is 0 Å². The minimum absolute atomic E-state index is 0.138. The highest BCUT2D eigenvalue weighted by Crippen LogP contribution is 2.24. The Balaban J connectivity index is 1.72. The van der Waals surface area contributed by atoms with E-state index in [1.54, 1.807) is 42.5 Å². The Bertz CT molecular complexity index is 948. The van der Waals surface area contributed by atoms with E-state index in [4.69, 9.17) is 0 Å². The predicted molar refractivity (Wildman–Crippen MR) is 94.4 cm³/mol. The molecular formula is C17H16N2O3S2. The number of nitrogens with zero attached hydrogens (tertiary/aromatic N) is 1. The summed E-state index contributed by atoms with van der Waals surface area (Å²) in [5, 5.41) is 11.9. The van der Waals surface area contributed by atoms with Gasteiger partial charge in [0.1, 0.15) is 10.8 Å². The molecule has 1 aromatic heterocycles. The molecule has 0 aliphatic carbocycles. The Morgan fingerprint density at radius 1 is 1.17 bits per heavy atom. The number of aromatic nitrogens is 1. The average Bonchev–Trinajstić information content (AvgIpc) is 3.03. The molecule has 0 unspecified atom stereocenters. The molecule has 0 fully saturated rings. The maximum absolute atomic E-state index is 12.3. The first-order valence-electron chi connectivity index (χ1n) is 7.24. The van der Waals surface area contributed by atoms with Crippen LogP contribution in [0.25, 0.3) is 11.3 Å². The standard InChI is InChI=1S/C17H16N2O3S2/c1-12-3-2-4-15(9-12)24(21,22)18-10-17-19-16(11-23-17)13-5-7-14(20)8-6-13/h2-9,11,18,20H,10H2,1H3. The second-order valence-electron chi connectivity index (χ2n) is 5.31. The molecule has 0 radical (unpaired) electrons. The van der Waals surface area contributed by atoms with E-state index in [-0.39, 0.29) is 17.2 Å². The van der Waals surface area contributed by atoms with E-state index in [0.29, 0.717) is 5.01 Å². The molecule has 0 spiro atoms. The Morgan fingerprint density at radius 3 is 2.62 bits per heavy atom. The van der Waals surface area contributed by atoms with Crippen LogP contribution in [0.2, 0.25) is 0 Å². The second-order valence-corrected chi connectivity index (χ2v) is 8.02. The number of rotatable bonds is 5. The molecule has 2 N–H and O–H groups in total. The predicted octanol–water partition coefficient (Wildman–Crippen LogP) is 3.30. The smallest absolute Gasteiger partial charge is 0.240 e. The summed E-state index contributed by atoms with van der Waals surface area (Å²) in [6, 6.07) is 13.5. The largest absolute Gasteiger partial charge is 0.508 e. The van der Waals surface area contributed by atoms with E-state index in [0.717, 1.165) is 16.8 Å². The summed E-state index contributed by atoms with van der Waals surface area (Å²) >= 11 is 1.39. The first-order valence-corrected chi connectivity index (χ1v) is 9.60. The van der Waals surface area contributed by atoms with Crippen molar-refractivity contribution in [3.8, 4) is 17.0 Å². The number of benzene rings is 2. The lowest BCUT2D eigenvalue weighted by Gasteiger charge is -2.05. The average molecular weight is 360 g/mol. The third kappa shape index (κ3) is 3.81. The first kappa shape index (κ1) is 16.6. The molecule has 2 aromatic carbocycles. The van der Waals surface area contributed by atoms with Gasteiger partial charge in [0.05, 0.1) is 17.1 Å². The monoisotopic (exact) mass is 360 g/mol. The highest BCUT2D eigenvalue weighted by molar-refractivity contribution is 7.89. The van der Waals surface area contributed by atoms with Gasteiger partial charge in [0.15, 0.2) is 0 Å². The summed E-state index contributed by atoms with van der Waals surface area (Å²) in [5.41, 5.74) is 2.52. The molecule has 0 bridgehead atoms. The van der Waals surface area contributed by atoms with Crippen molar-refractivity contribution >= 4 is 21.4 Å². The van der Waals surface area contributed by atoms with E-state index in [1.165, 1.54) is 11.3 Å². The first-order chi connectivity index (χ1) is 11.4. The van der Waals surface area contributed by atoms with E-state index < -0.39 is 10.0 Å². The number of nitrogens with one attached hydrogen (secondary N) is 1. The van der Waals surface area contributed by atoms with Crippen molar-refractivity contribution in [3.63, 3.8) is 0 Å². The highest BCUT2D eigenvalue weighted by atomic mass is 32.2. The fraction of sp³-hybridized carbons (Fsp3) is 0.118. The molecule has 0 atom stereocenters. The van der Waals surface area contributed by atoms with E-state index in [2.05, 4.69) is 9.71 Å². The van der Waals surface area contributed by atoms with Crippen LogP contribution >= 0.6 is 11.3 Å². The maximum atomic E-state index is 12.3. The topological polar surface area (TPSA) is 79.3 Å². The van der Waals surface area contributed by atoms with E-state index in [1.807, 2.05) is 18.4 Å². The Kier molecular flexibility index (Phi) is 4.66. The highest BCUT2D eigenvalue weighted by Gasteiger charge is 2.15. The quantitative estimate of drug-likeness (QED) is 0.732. The minimum atomic E-state index is -3.56. The van der Waals surface area contributed by atoms with Crippen molar-refractivity contribution in [2.24, 2.45) is 0 Å². The molecule has 24 heavy (non-hydrogen) atoms. The zero-order valence-electron chi connectivity index (χ0n) is 12.9. The number of hydrogen-bond acceptors (Lipinski definition) is 5. The van der Waals surface area contributed by atoms with Gasteiger partial charge in [-0.25, -0.2) is 18.1 Å². The van der Waals surface area contributed by atoms with Gasteiger partial charge >= 0.3 is 0 Å². The molecule has 0 aliphatic heterocycles. The van der Waals surface area contributed by atoms with Crippen LogP contribution in [-0.4, -0.2) is 18.5 Å². The van der Waals surface area contributed by atoms with Crippen LogP contribution in [0.1, 0.15) is 10.6 Å². The number of thiazole rings is 1. The molecule has 7 heteroatoms. The van der Waals surface area contributed by atoms with Crippen LogP contribution in [-0.2, 0) is 16.6 Å². The lowest BCUT2D eigenvalue weighted by molar-refractivity contribution is 0.475. The minimum Gasteiger partial charge on any atom is -0.508 e. The zero-order chi connectivity index (χ0) is 17.2. The fourth-order valence-electron chi connectivity index (χ4n) is 2.18. The third-order valence-corrected chi connectivity index (χ3v) is 5.68. The Hall–Kier alpha value is -2.22. The second kappa shape index (κ2) is 6.72. The molecule has 5 nitrogen and oxygen atoms in total. The summed E-state index contributed by atoms with van der Waals surface area (Å²) in [6.07, 6.45) is 0. The van der Waals surface area contributed by atoms with Crippen molar-refractivity contribution in [3.05, 3.63) is 64.5 Å². The zero-order valence-corrected chi connectivity index (χ0v) is 14.6. The molecule has 0 amide bonds. The number of aromatic hydroxyl groups is 1. The number of aryl methyl sites for hydroxylation is 1. The molecule has 0 saturated carbocycles. The Labute approximate surface area is 144 Å². The van der Waals surface area contributed by atoms with Gasteiger partial charge in [-0.1, -0.05) is 12.1 Å². The van der Waals surface area contributed by atoms with Crippen LogP contribution in [0.3, 0.4) is 0 Å². The molecule has 1 heterocycles. The molecular weight excluding hydrogens is 344 g/mol. The number of phenolic OH excluding ortho intramolecular Hbond substituents is 1. The van der Waals surface area contributed by atoms with Gasteiger partial charge in [-0.3, -0.25) is 0 Å². The summed E-state index contributed by atoms with van der Waals surface area (Å²) in [7, 11) is -3.56. The van der Waals surface area contributed by atoms with Gasteiger partial charge in [0, 0.05) is 10.9 Å². The molecule has 3 rings (SSSR count). The van der Waals surface area contributed by atoms with Gasteiger partial charge in [-0.2, -0.15) is 0 Å². The van der Waals surface area contributed by atoms with Crippen molar-refractivity contribution < 1.29 is 13.5 Å². The summed E-state index contributed by atoms with van der Waals surface area (Å²) in [6.45, 7) is 1.99. The molecule has 0 saturated heterocycles. The molecule has 124 valence electrons. The molecule has 3 aromatic rings. The van der Waals surface area contributed by atoms with Crippen LogP contribution in [0.15, 0.2) is 58.8 Å². The van der Waals surface area contributed by atoms with Crippen molar-refractivity contribution in [1.29, 1.82) is 0 Å². The fourth-order valence-corrected chi connectivity index (χ4v) is 4.11. The summed E-state index contributed by atoms with van der Waals surface area (Å²) in [5.74, 6) is 0.195. The number of phenols is 1. The van der Waals surface area contributed by atoms with E-state index in [9.17, 15) is 13.5 Å². The van der Waals surface area contributed by atoms with Crippen LogP contribution in [0.4, 0.5) is 0 Å². The number of hydrogen-bond donors (Lipinski definition) is 2. The third-order valence-electron chi connectivity index (χ3n) is 3.43. The van der Waals surface area contributed by atoms with Gasteiger partial charge in [-0.15, -0.1) is 11.3 Å². The SMILES string of the molecule is Cc1cccc(S(=O)(=O)NCc2nc(-c3ccc(O)cc3)cs2)c1. The lowest BCUT2D eigenvalue weighted by atomic mass is 10.2. The van der Waals surface area contributed by atoms with Crippen molar-refractivity contribution in [2.75, 3.05) is 0 Å². The van der Waals surface area contributed by atoms with Gasteiger partial charge in [0.2, 0.25) is 10.0 Å². The van der Waals surface area contributed by atoms with Crippen LogP contribution in [0.5, 0.6) is 5.75 Å².